The van der Waals surface area contributed by atoms with Crippen LogP contribution < -0.4 is 5.32 Å². The Kier molecular flexibility index (Phi) is 5.55. The first-order valence-corrected chi connectivity index (χ1v) is 9.11. The summed E-state index contributed by atoms with van der Waals surface area (Å²) in [5, 5.41) is 7.35. The Morgan fingerprint density at radius 2 is 2.00 bits per heavy atom. The number of thiazole rings is 1. The van der Waals surface area contributed by atoms with Gasteiger partial charge in [0.05, 0.1) is 10.6 Å². The summed E-state index contributed by atoms with van der Waals surface area (Å²) in [6.45, 7) is 4.01. The van der Waals surface area contributed by atoms with Gasteiger partial charge in [0.15, 0.2) is 11.0 Å². The monoisotopic (exact) mass is 356 g/mol. The Morgan fingerprint density at radius 3 is 2.76 bits per heavy atom. The van der Waals surface area contributed by atoms with E-state index in [2.05, 4.69) is 27.4 Å². The number of nitrogens with zero attached hydrogens (tertiary/aromatic N) is 3. The number of nitrogens with one attached hydrogen (secondary N) is 1. The minimum absolute atomic E-state index is 0.108. The Hall–Kier alpha value is -2.54. The molecule has 130 valence electrons. The lowest BCUT2D eigenvalue weighted by molar-refractivity contribution is -0.116. The Morgan fingerprint density at radius 1 is 1.20 bits per heavy atom. The topological polar surface area (TPSA) is 80.9 Å². The molecule has 0 aliphatic rings. The summed E-state index contributed by atoms with van der Waals surface area (Å²) in [5.74, 6) is 1.09. The third-order valence-electron chi connectivity index (χ3n) is 3.63. The molecule has 0 spiro atoms. The van der Waals surface area contributed by atoms with Crippen molar-refractivity contribution in [1.29, 1.82) is 0 Å². The van der Waals surface area contributed by atoms with Crippen LogP contribution in [0.15, 0.2) is 34.9 Å². The minimum atomic E-state index is -0.108. The highest BCUT2D eigenvalue weighted by molar-refractivity contribution is 7.19. The summed E-state index contributed by atoms with van der Waals surface area (Å²) >= 11 is 1.48. The number of aryl methyl sites for hydroxylation is 3. The van der Waals surface area contributed by atoms with Crippen molar-refractivity contribution in [1.82, 2.24) is 15.1 Å². The van der Waals surface area contributed by atoms with Gasteiger partial charge >= 0.3 is 0 Å². The van der Waals surface area contributed by atoms with Gasteiger partial charge < -0.3 is 9.84 Å². The van der Waals surface area contributed by atoms with Gasteiger partial charge in [-0.2, -0.15) is 4.98 Å². The number of anilines is 1. The number of amides is 1. The van der Waals surface area contributed by atoms with Crippen LogP contribution in [0.3, 0.4) is 0 Å². The van der Waals surface area contributed by atoms with Gasteiger partial charge in [-0.15, -0.1) is 0 Å². The third-order valence-corrected chi connectivity index (χ3v) is 4.75. The van der Waals surface area contributed by atoms with Crippen molar-refractivity contribution in [2.45, 2.75) is 39.5 Å². The van der Waals surface area contributed by atoms with Crippen molar-refractivity contribution >= 4 is 22.4 Å². The van der Waals surface area contributed by atoms with Crippen molar-refractivity contribution in [3.05, 3.63) is 47.7 Å². The normalized spacial score (nSPS) is 10.8. The molecule has 3 aromatic rings. The molecular formula is C18H20N4O2S. The van der Waals surface area contributed by atoms with Crippen LogP contribution in [0.2, 0.25) is 0 Å². The zero-order valence-corrected chi connectivity index (χ0v) is 15.1. The lowest BCUT2D eigenvalue weighted by atomic mass is 10.2. The van der Waals surface area contributed by atoms with Crippen LogP contribution >= 0.6 is 11.3 Å². The van der Waals surface area contributed by atoms with E-state index in [9.17, 15) is 4.79 Å². The Bertz CT molecular complexity index is 842. The maximum Gasteiger partial charge on any atom is 0.227 e. The molecule has 3 rings (SSSR count). The van der Waals surface area contributed by atoms with Gasteiger partial charge in [0.1, 0.15) is 0 Å². The summed E-state index contributed by atoms with van der Waals surface area (Å²) < 4.78 is 5.14. The molecule has 0 aliphatic carbocycles. The largest absolute Gasteiger partial charge is 0.339 e. The Balaban J connectivity index is 1.58. The highest BCUT2D eigenvalue weighted by atomic mass is 32.1. The van der Waals surface area contributed by atoms with Gasteiger partial charge in [0.25, 0.3) is 0 Å². The van der Waals surface area contributed by atoms with Gasteiger partial charge in [-0.25, -0.2) is 4.98 Å². The average molecular weight is 356 g/mol. The van der Waals surface area contributed by atoms with E-state index in [1.54, 1.807) is 0 Å². The minimum Gasteiger partial charge on any atom is -0.339 e. The molecule has 0 radical (unpaired) electrons. The summed E-state index contributed by atoms with van der Waals surface area (Å²) in [6, 6.07) is 10.0. The fraction of sp³-hybridized carbons (Fsp3) is 0.333. The lowest BCUT2D eigenvalue weighted by Crippen LogP contribution is -2.12. The predicted molar refractivity (Wildman–Crippen MR) is 97.5 cm³/mol. The van der Waals surface area contributed by atoms with Gasteiger partial charge in [-0.3, -0.25) is 4.79 Å². The molecule has 25 heavy (non-hydrogen) atoms. The van der Waals surface area contributed by atoms with Gasteiger partial charge in [0.2, 0.25) is 11.8 Å². The SMILES string of the molecule is CCCc1noc(CCC(=O)Nc2nc(C)c(-c3ccccc3)s2)n1. The van der Waals surface area contributed by atoms with Crippen LogP contribution in [0, 0.1) is 6.92 Å². The van der Waals surface area contributed by atoms with E-state index in [1.807, 2.05) is 37.3 Å². The van der Waals surface area contributed by atoms with E-state index in [4.69, 9.17) is 4.52 Å². The average Bonchev–Trinajstić information content (AvgIpc) is 3.20. The van der Waals surface area contributed by atoms with Crippen molar-refractivity contribution in [3.63, 3.8) is 0 Å². The first kappa shape index (κ1) is 17.3. The summed E-state index contributed by atoms with van der Waals surface area (Å²) in [5.41, 5.74) is 2.01. The van der Waals surface area contributed by atoms with E-state index in [0.717, 1.165) is 29.0 Å². The third kappa shape index (κ3) is 4.51. The number of hydrogen-bond acceptors (Lipinski definition) is 6. The molecule has 0 atom stereocenters. The van der Waals surface area contributed by atoms with Crippen molar-refractivity contribution in [2.24, 2.45) is 0 Å². The number of aromatic nitrogens is 3. The van der Waals surface area contributed by atoms with Gasteiger partial charge in [0, 0.05) is 19.3 Å². The van der Waals surface area contributed by atoms with Gasteiger partial charge in [-0.1, -0.05) is 53.7 Å². The second-order valence-electron chi connectivity index (χ2n) is 5.70. The summed E-state index contributed by atoms with van der Waals surface area (Å²) in [6.07, 6.45) is 2.47. The Labute approximate surface area is 150 Å². The lowest BCUT2D eigenvalue weighted by Gasteiger charge is -1.99. The molecule has 0 saturated heterocycles. The molecule has 2 aromatic heterocycles. The highest BCUT2D eigenvalue weighted by Gasteiger charge is 2.13. The second kappa shape index (κ2) is 8.02. The molecule has 7 heteroatoms. The second-order valence-corrected chi connectivity index (χ2v) is 6.70. The van der Waals surface area contributed by atoms with E-state index >= 15 is 0 Å². The van der Waals surface area contributed by atoms with Crippen LogP contribution in [0.5, 0.6) is 0 Å². The van der Waals surface area contributed by atoms with Crippen molar-refractivity contribution < 1.29 is 9.32 Å². The standard InChI is InChI=1S/C18H20N4O2S/c1-3-7-14-20-16(24-22-14)11-10-15(23)21-18-19-12(2)17(25-18)13-8-5-4-6-9-13/h4-6,8-9H,3,7,10-11H2,1-2H3,(H,19,21,23). The van der Waals surface area contributed by atoms with E-state index in [-0.39, 0.29) is 12.3 Å². The fourth-order valence-corrected chi connectivity index (χ4v) is 3.41. The van der Waals surface area contributed by atoms with Crippen LogP contribution in [0.1, 0.15) is 37.2 Å². The van der Waals surface area contributed by atoms with Crippen LogP contribution in [-0.4, -0.2) is 21.0 Å². The molecule has 2 heterocycles. The highest BCUT2D eigenvalue weighted by Crippen LogP contribution is 2.32. The number of rotatable bonds is 7. The molecule has 1 amide bonds. The quantitative estimate of drug-likeness (QED) is 0.691. The summed E-state index contributed by atoms with van der Waals surface area (Å²) in [7, 11) is 0. The maximum absolute atomic E-state index is 12.1. The van der Waals surface area contributed by atoms with E-state index < -0.39 is 0 Å². The number of carbonyl (C=O) groups excluding carboxylic acids is 1. The number of carbonyl (C=O) groups is 1. The maximum atomic E-state index is 12.1. The van der Waals surface area contributed by atoms with Crippen LogP contribution in [0.25, 0.3) is 10.4 Å². The van der Waals surface area contributed by atoms with Gasteiger partial charge in [-0.05, 0) is 18.9 Å². The van der Waals surface area contributed by atoms with Crippen LogP contribution in [0.4, 0.5) is 5.13 Å². The molecule has 0 aliphatic heterocycles. The van der Waals surface area contributed by atoms with E-state index in [1.165, 1.54) is 11.3 Å². The molecule has 0 saturated carbocycles. The smallest absolute Gasteiger partial charge is 0.227 e. The number of benzene rings is 1. The molecule has 0 unspecified atom stereocenters. The molecule has 0 fully saturated rings. The van der Waals surface area contributed by atoms with Crippen LogP contribution in [-0.2, 0) is 17.6 Å². The first-order valence-electron chi connectivity index (χ1n) is 8.30. The summed E-state index contributed by atoms with van der Waals surface area (Å²) in [4.78, 5) is 21.9. The molecule has 1 N–H and O–H groups in total. The van der Waals surface area contributed by atoms with Crippen molar-refractivity contribution in [3.8, 4) is 10.4 Å². The molecular weight excluding hydrogens is 336 g/mol. The van der Waals surface area contributed by atoms with Crippen molar-refractivity contribution in [2.75, 3.05) is 5.32 Å². The number of hydrogen-bond donors (Lipinski definition) is 1. The molecule has 0 bridgehead atoms. The first-order chi connectivity index (χ1) is 12.2. The molecule has 6 nitrogen and oxygen atoms in total. The zero-order chi connectivity index (χ0) is 17.6. The zero-order valence-electron chi connectivity index (χ0n) is 14.3. The van der Waals surface area contributed by atoms with E-state index in [0.29, 0.717) is 23.3 Å². The fourth-order valence-electron chi connectivity index (χ4n) is 2.43. The predicted octanol–water partition coefficient (Wildman–Crippen LogP) is 4.03. The molecule has 1 aromatic carbocycles.